The topological polar surface area (TPSA) is 106 Å². The highest BCUT2D eigenvalue weighted by Crippen LogP contribution is 2.41. The predicted molar refractivity (Wildman–Crippen MR) is 147 cm³/mol. The number of rotatable bonds is 8. The predicted octanol–water partition coefficient (Wildman–Crippen LogP) is 2.86. The number of aromatic nitrogens is 4. The molecule has 2 aliphatic rings. The fourth-order valence-corrected chi connectivity index (χ4v) is 5.23. The zero-order chi connectivity index (χ0) is 25.2. The second-order valence-electron chi connectivity index (χ2n) is 9.75. The van der Waals surface area contributed by atoms with Gasteiger partial charge in [0.05, 0.1) is 18.8 Å². The molecule has 6 rings (SSSR count). The van der Waals surface area contributed by atoms with Crippen LogP contribution in [0.5, 0.6) is 0 Å². The number of morpholine rings is 1. The van der Waals surface area contributed by atoms with Crippen molar-refractivity contribution in [1.82, 2.24) is 29.6 Å². The number of ether oxygens (including phenoxy) is 1. The maximum Gasteiger partial charge on any atom is 0.178 e. The largest absolute Gasteiger partial charge is 0.383 e. The minimum atomic E-state index is -0.137. The lowest BCUT2D eigenvalue weighted by Gasteiger charge is -2.43. The molecule has 37 heavy (non-hydrogen) atoms. The van der Waals surface area contributed by atoms with Crippen molar-refractivity contribution in [3.05, 3.63) is 60.3 Å². The molecule has 0 bridgehead atoms. The number of hydrogen-bond donors (Lipinski definition) is 3. The van der Waals surface area contributed by atoms with Gasteiger partial charge in [0.1, 0.15) is 17.2 Å². The molecule has 2 radical (unpaired) electrons. The Bertz CT molecular complexity index is 1370. The SMILES string of the molecule is [B]NC1(c2ccc(-n3c(-c4cccnc4N)nc4ccc(NCCN5CCOCC5)nc43)cc2)CCC1. The molecule has 4 heterocycles. The molecule has 1 aliphatic carbocycles. The van der Waals surface area contributed by atoms with Gasteiger partial charge < -0.3 is 21.0 Å². The summed E-state index contributed by atoms with van der Waals surface area (Å²) in [4.78, 5) is 16.6. The molecule has 2 fully saturated rings. The molecule has 0 spiro atoms. The Hall–Kier alpha value is -3.47. The first-order chi connectivity index (χ1) is 18.2. The van der Waals surface area contributed by atoms with Crippen LogP contribution in [0.1, 0.15) is 24.8 Å². The lowest BCUT2D eigenvalue weighted by molar-refractivity contribution is 0.0398. The van der Waals surface area contributed by atoms with Gasteiger partial charge in [0.25, 0.3) is 0 Å². The molecule has 188 valence electrons. The molecular formula is C27H31BN8O. The molecule has 0 atom stereocenters. The van der Waals surface area contributed by atoms with Gasteiger partial charge in [-0.15, -0.1) is 0 Å². The molecule has 1 aromatic carbocycles. The summed E-state index contributed by atoms with van der Waals surface area (Å²) < 4.78 is 7.51. The number of hydrogen-bond acceptors (Lipinski definition) is 8. The van der Waals surface area contributed by atoms with Crippen molar-refractivity contribution >= 4 is 30.8 Å². The van der Waals surface area contributed by atoms with E-state index in [1.165, 1.54) is 12.0 Å². The van der Waals surface area contributed by atoms with E-state index in [1.54, 1.807) is 6.20 Å². The van der Waals surface area contributed by atoms with E-state index >= 15 is 0 Å². The molecular weight excluding hydrogens is 463 g/mol. The highest BCUT2D eigenvalue weighted by molar-refractivity contribution is 6.05. The third-order valence-corrected chi connectivity index (χ3v) is 7.58. The molecule has 0 amide bonds. The van der Waals surface area contributed by atoms with Crippen LogP contribution in [0.25, 0.3) is 28.2 Å². The van der Waals surface area contributed by atoms with Gasteiger partial charge >= 0.3 is 0 Å². The average molecular weight is 494 g/mol. The van der Waals surface area contributed by atoms with E-state index < -0.39 is 0 Å². The number of anilines is 2. The molecule has 3 aromatic heterocycles. The first kappa shape index (κ1) is 23.9. The molecule has 9 nitrogen and oxygen atoms in total. The van der Waals surface area contributed by atoms with Crippen LogP contribution in [-0.2, 0) is 10.3 Å². The van der Waals surface area contributed by atoms with Crippen molar-refractivity contribution in [1.29, 1.82) is 0 Å². The van der Waals surface area contributed by atoms with E-state index in [0.29, 0.717) is 11.6 Å². The van der Waals surface area contributed by atoms with Crippen LogP contribution in [0, 0.1) is 0 Å². The maximum atomic E-state index is 6.28. The Morgan fingerprint density at radius 2 is 1.84 bits per heavy atom. The second-order valence-corrected chi connectivity index (χ2v) is 9.75. The van der Waals surface area contributed by atoms with Crippen LogP contribution < -0.4 is 16.3 Å². The summed E-state index contributed by atoms with van der Waals surface area (Å²) in [5.74, 6) is 1.95. The van der Waals surface area contributed by atoms with E-state index in [-0.39, 0.29) is 5.54 Å². The van der Waals surface area contributed by atoms with E-state index in [0.717, 1.165) is 80.5 Å². The number of imidazole rings is 1. The molecule has 4 aromatic rings. The molecule has 1 saturated heterocycles. The van der Waals surface area contributed by atoms with E-state index in [1.807, 2.05) is 24.3 Å². The number of fused-ring (bicyclic) bond motifs is 1. The van der Waals surface area contributed by atoms with Gasteiger partial charge in [-0.1, -0.05) is 12.1 Å². The van der Waals surface area contributed by atoms with E-state index in [9.17, 15) is 0 Å². The van der Waals surface area contributed by atoms with Crippen LogP contribution in [0.3, 0.4) is 0 Å². The van der Waals surface area contributed by atoms with E-state index in [2.05, 4.69) is 49.3 Å². The summed E-state index contributed by atoms with van der Waals surface area (Å²) in [5, 5.41) is 6.52. The number of nitrogen functional groups attached to an aromatic ring is 1. The molecule has 1 aliphatic heterocycles. The van der Waals surface area contributed by atoms with Gasteiger partial charge in [-0.05, 0) is 61.2 Å². The van der Waals surface area contributed by atoms with Gasteiger partial charge in [0, 0.05) is 43.6 Å². The second kappa shape index (κ2) is 10.1. The average Bonchev–Trinajstić information content (AvgIpc) is 3.28. The van der Waals surface area contributed by atoms with Gasteiger partial charge in [0.2, 0.25) is 0 Å². The quantitative estimate of drug-likeness (QED) is 0.321. The van der Waals surface area contributed by atoms with Crippen molar-refractivity contribution in [2.45, 2.75) is 24.8 Å². The summed E-state index contributed by atoms with van der Waals surface area (Å²) in [6.07, 6.45) is 4.94. The minimum absolute atomic E-state index is 0.137. The molecule has 10 heteroatoms. The molecule has 4 N–H and O–H groups in total. The number of nitrogens with two attached hydrogens (primary N) is 1. The third kappa shape index (κ3) is 4.56. The summed E-state index contributed by atoms with van der Waals surface area (Å²) in [7, 11) is 5.92. The Labute approximate surface area is 217 Å². The lowest BCUT2D eigenvalue weighted by atomic mass is 9.71. The molecule has 1 saturated carbocycles. The monoisotopic (exact) mass is 494 g/mol. The van der Waals surface area contributed by atoms with E-state index in [4.69, 9.17) is 28.4 Å². The summed E-state index contributed by atoms with van der Waals surface area (Å²) in [6, 6.07) is 16.3. The normalized spacial score (nSPS) is 17.5. The van der Waals surface area contributed by atoms with Gasteiger partial charge in [-0.2, -0.15) is 0 Å². The first-order valence-corrected chi connectivity index (χ1v) is 12.9. The summed E-state index contributed by atoms with van der Waals surface area (Å²) in [5.41, 5.74) is 10.6. The highest BCUT2D eigenvalue weighted by Gasteiger charge is 2.36. The zero-order valence-electron chi connectivity index (χ0n) is 20.9. The first-order valence-electron chi connectivity index (χ1n) is 12.9. The van der Waals surface area contributed by atoms with Crippen molar-refractivity contribution in [2.75, 3.05) is 50.4 Å². The number of nitrogens with zero attached hydrogens (tertiary/aromatic N) is 5. The zero-order valence-corrected chi connectivity index (χ0v) is 20.9. The van der Waals surface area contributed by atoms with Crippen molar-refractivity contribution in [3.63, 3.8) is 0 Å². The lowest BCUT2D eigenvalue weighted by Crippen LogP contribution is -2.46. The Morgan fingerprint density at radius 1 is 1.03 bits per heavy atom. The number of benzene rings is 1. The molecule has 0 unspecified atom stereocenters. The van der Waals surface area contributed by atoms with Crippen LogP contribution >= 0.6 is 0 Å². The van der Waals surface area contributed by atoms with Gasteiger partial charge in [-0.3, -0.25) is 9.47 Å². The van der Waals surface area contributed by atoms with Crippen molar-refractivity contribution in [2.24, 2.45) is 0 Å². The van der Waals surface area contributed by atoms with Gasteiger partial charge in [-0.25, -0.2) is 15.0 Å². The van der Waals surface area contributed by atoms with Crippen LogP contribution in [0.15, 0.2) is 54.7 Å². The smallest absolute Gasteiger partial charge is 0.178 e. The summed E-state index contributed by atoms with van der Waals surface area (Å²) >= 11 is 0. The van der Waals surface area contributed by atoms with Crippen LogP contribution in [-0.4, -0.2) is 71.8 Å². The maximum absolute atomic E-state index is 6.28. The summed E-state index contributed by atoms with van der Waals surface area (Å²) in [6.45, 7) is 5.27. The van der Waals surface area contributed by atoms with Crippen LogP contribution in [0.4, 0.5) is 11.6 Å². The van der Waals surface area contributed by atoms with Gasteiger partial charge in [0.15, 0.2) is 19.5 Å². The van der Waals surface area contributed by atoms with Crippen molar-refractivity contribution in [3.8, 4) is 17.1 Å². The Morgan fingerprint density at radius 3 is 2.54 bits per heavy atom. The Balaban J connectivity index is 1.36. The van der Waals surface area contributed by atoms with Crippen LogP contribution in [0.2, 0.25) is 0 Å². The fraction of sp³-hybridized carbons (Fsp3) is 0.370. The number of pyridine rings is 2. The third-order valence-electron chi connectivity index (χ3n) is 7.58. The Kier molecular flexibility index (Phi) is 6.54. The fourth-order valence-electron chi connectivity index (χ4n) is 5.23. The standard InChI is InChI=1S/C27H31BN8O/c28-34-27(10-2-11-27)19-4-6-20(7-5-19)36-25(21-3-1-12-31-24(21)29)32-22-8-9-23(33-26(22)36)30-13-14-35-15-17-37-18-16-35/h1,3-9,12,34H,2,10-11,13-18H2,(H2,29,31)(H,30,33). The minimum Gasteiger partial charge on any atom is -0.383 e. The highest BCUT2D eigenvalue weighted by atomic mass is 16.5. The number of nitrogens with one attached hydrogen (secondary N) is 2. The van der Waals surface area contributed by atoms with Crippen molar-refractivity contribution < 1.29 is 4.74 Å².